The largest absolute Gasteiger partial charge is 0.481 e. The summed E-state index contributed by atoms with van der Waals surface area (Å²) in [6, 6.07) is 6.13. The topological polar surface area (TPSA) is 66.4 Å². The number of carboxylic acids is 1. The fourth-order valence-electron chi connectivity index (χ4n) is 2.73. The van der Waals surface area contributed by atoms with Gasteiger partial charge in [0.05, 0.1) is 11.8 Å². The molecule has 1 saturated carbocycles. The third-order valence-corrected chi connectivity index (χ3v) is 4.43. The maximum Gasteiger partial charge on any atom is 0.307 e. The van der Waals surface area contributed by atoms with Crippen LogP contribution in [-0.2, 0) is 16.0 Å². The maximum atomic E-state index is 12.9. The summed E-state index contributed by atoms with van der Waals surface area (Å²) >= 11 is 0. The van der Waals surface area contributed by atoms with Crippen molar-refractivity contribution in [3.05, 3.63) is 35.6 Å². The number of amides is 1. The molecule has 0 aromatic heterocycles. The Morgan fingerprint density at radius 2 is 1.82 bits per heavy atom. The molecule has 120 valence electrons. The van der Waals surface area contributed by atoms with Crippen LogP contribution in [0, 0.1) is 23.6 Å². The maximum absolute atomic E-state index is 12.9. The number of carboxylic acid groups (broad SMARTS) is 1. The zero-order chi connectivity index (χ0) is 16.3. The zero-order valence-electron chi connectivity index (χ0n) is 12.9. The number of carbonyl (C=O) groups excluding carboxylic acids is 1. The fraction of sp³-hybridized carbons (Fsp3) is 0.529. The van der Waals surface area contributed by atoms with Crippen LogP contribution in [0.25, 0.3) is 0 Å². The van der Waals surface area contributed by atoms with E-state index in [-0.39, 0.29) is 23.7 Å². The molecule has 0 heterocycles. The first-order chi connectivity index (χ1) is 10.4. The number of rotatable bonds is 6. The summed E-state index contributed by atoms with van der Waals surface area (Å²) in [7, 11) is 0. The number of halogens is 1. The van der Waals surface area contributed by atoms with Gasteiger partial charge in [0.2, 0.25) is 5.91 Å². The summed E-state index contributed by atoms with van der Waals surface area (Å²) in [6.07, 6.45) is 1.80. The lowest BCUT2D eigenvalue weighted by atomic mass is 9.73. The van der Waals surface area contributed by atoms with Gasteiger partial charge in [-0.05, 0) is 42.9 Å². The molecule has 1 aromatic rings. The first-order valence-corrected chi connectivity index (χ1v) is 7.66. The van der Waals surface area contributed by atoms with Crippen molar-refractivity contribution in [2.24, 2.45) is 17.8 Å². The van der Waals surface area contributed by atoms with E-state index in [0.29, 0.717) is 19.3 Å². The summed E-state index contributed by atoms with van der Waals surface area (Å²) in [5.74, 6) is -2.14. The molecule has 3 unspecified atom stereocenters. The number of nitrogens with one attached hydrogen (secondary N) is 1. The number of hydrogen-bond donors (Lipinski definition) is 2. The molecule has 0 saturated heterocycles. The second kappa shape index (κ2) is 6.90. The Kier molecular flexibility index (Phi) is 5.16. The second-order valence-electron chi connectivity index (χ2n) is 6.32. The molecule has 4 nitrogen and oxygen atoms in total. The van der Waals surface area contributed by atoms with E-state index in [9.17, 15) is 14.0 Å². The van der Waals surface area contributed by atoms with Crippen molar-refractivity contribution in [1.82, 2.24) is 5.32 Å². The molecule has 5 heteroatoms. The average Bonchev–Trinajstić information content (AvgIpc) is 2.38. The van der Waals surface area contributed by atoms with Crippen LogP contribution >= 0.6 is 0 Å². The fourth-order valence-corrected chi connectivity index (χ4v) is 2.73. The van der Waals surface area contributed by atoms with Gasteiger partial charge in [-0.3, -0.25) is 9.59 Å². The van der Waals surface area contributed by atoms with Gasteiger partial charge in [0.15, 0.2) is 0 Å². The molecule has 3 atom stereocenters. The van der Waals surface area contributed by atoms with Crippen LogP contribution in [0.4, 0.5) is 4.39 Å². The Hall–Kier alpha value is -1.91. The quantitative estimate of drug-likeness (QED) is 0.849. The van der Waals surface area contributed by atoms with Gasteiger partial charge in [0.25, 0.3) is 0 Å². The molecule has 1 aliphatic carbocycles. The van der Waals surface area contributed by atoms with Gasteiger partial charge in [-0.25, -0.2) is 4.39 Å². The Morgan fingerprint density at radius 3 is 2.27 bits per heavy atom. The van der Waals surface area contributed by atoms with Crippen molar-refractivity contribution in [2.75, 3.05) is 0 Å². The highest BCUT2D eigenvalue weighted by Gasteiger charge is 2.41. The lowest BCUT2D eigenvalue weighted by molar-refractivity contribution is -0.153. The van der Waals surface area contributed by atoms with Crippen LogP contribution in [0.15, 0.2) is 24.3 Å². The molecular formula is C17H22FNO3. The summed E-state index contributed by atoms with van der Waals surface area (Å²) in [6.45, 7) is 4.01. The van der Waals surface area contributed by atoms with E-state index in [2.05, 4.69) is 5.32 Å². The van der Waals surface area contributed by atoms with Crippen molar-refractivity contribution in [3.63, 3.8) is 0 Å². The summed E-state index contributed by atoms with van der Waals surface area (Å²) in [5.41, 5.74) is 0.948. The monoisotopic (exact) mass is 307 g/mol. The van der Waals surface area contributed by atoms with Gasteiger partial charge in [0, 0.05) is 6.04 Å². The van der Waals surface area contributed by atoms with Gasteiger partial charge in [-0.1, -0.05) is 26.0 Å². The Morgan fingerprint density at radius 1 is 1.23 bits per heavy atom. The van der Waals surface area contributed by atoms with Crippen LogP contribution in [0.5, 0.6) is 0 Å². The minimum atomic E-state index is -0.897. The molecule has 0 spiro atoms. The minimum Gasteiger partial charge on any atom is -0.481 e. The number of aliphatic carboxylic acids is 1. The van der Waals surface area contributed by atoms with E-state index in [4.69, 9.17) is 5.11 Å². The summed E-state index contributed by atoms with van der Waals surface area (Å²) in [4.78, 5) is 23.3. The van der Waals surface area contributed by atoms with Crippen LogP contribution in [-0.4, -0.2) is 23.0 Å². The Labute approximate surface area is 129 Å². The Balaban J connectivity index is 1.98. The van der Waals surface area contributed by atoms with Crippen LogP contribution < -0.4 is 5.32 Å². The van der Waals surface area contributed by atoms with Crippen molar-refractivity contribution in [2.45, 2.75) is 39.2 Å². The van der Waals surface area contributed by atoms with E-state index in [1.54, 1.807) is 12.1 Å². The van der Waals surface area contributed by atoms with E-state index < -0.39 is 17.8 Å². The van der Waals surface area contributed by atoms with Crippen molar-refractivity contribution >= 4 is 11.9 Å². The molecule has 2 rings (SSSR count). The molecule has 22 heavy (non-hydrogen) atoms. The smallest absolute Gasteiger partial charge is 0.307 e. The third-order valence-electron chi connectivity index (χ3n) is 4.43. The predicted octanol–water partition coefficient (Wildman–Crippen LogP) is 2.62. The Bertz CT molecular complexity index is 541. The normalized spacial score (nSPS) is 22.0. The zero-order valence-corrected chi connectivity index (χ0v) is 12.9. The molecule has 0 bridgehead atoms. The van der Waals surface area contributed by atoms with Crippen molar-refractivity contribution < 1.29 is 19.1 Å². The van der Waals surface area contributed by atoms with Crippen LogP contribution in [0.3, 0.4) is 0 Å². The third kappa shape index (κ3) is 3.84. The standard InChI is InChI=1S/C17H22FNO3/c1-10(2)15(9-11-3-5-12(18)6-4-11)19-16(20)13-7-8-14(13)17(21)22/h3-6,10,13-15H,7-9H2,1-2H3,(H,19,20)(H,21,22). The highest BCUT2D eigenvalue weighted by atomic mass is 19.1. The summed E-state index contributed by atoms with van der Waals surface area (Å²) in [5, 5.41) is 12.0. The second-order valence-corrected chi connectivity index (χ2v) is 6.32. The van der Waals surface area contributed by atoms with E-state index >= 15 is 0 Å². The van der Waals surface area contributed by atoms with Gasteiger partial charge < -0.3 is 10.4 Å². The van der Waals surface area contributed by atoms with Crippen LogP contribution in [0.2, 0.25) is 0 Å². The molecule has 1 aromatic carbocycles. The SMILES string of the molecule is CC(C)C(Cc1ccc(F)cc1)NC(=O)C1CCC1C(=O)O. The molecule has 0 radical (unpaired) electrons. The highest BCUT2D eigenvalue weighted by Crippen LogP contribution is 2.34. The van der Waals surface area contributed by atoms with Gasteiger partial charge in [-0.15, -0.1) is 0 Å². The minimum absolute atomic E-state index is 0.0898. The predicted molar refractivity (Wildman–Crippen MR) is 80.7 cm³/mol. The lowest BCUT2D eigenvalue weighted by Crippen LogP contribution is -2.49. The first-order valence-electron chi connectivity index (χ1n) is 7.66. The molecule has 2 N–H and O–H groups in total. The molecule has 0 aliphatic heterocycles. The average molecular weight is 307 g/mol. The highest BCUT2D eigenvalue weighted by molar-refractivity contribution is 5.86. The molecule has 1 amide bonds. The lowest BCUT2D eigenvalue weighted by Gasteiger charge is -2.34. The molecule has 1 aliphatic rings. The van der Waals surface area contributed by atoms with Gasteiger partial charge in [-0.2, -0.15) is 0 Å². The van der Waals surface area contributed by atoms with E-state index in [0.717, 1.165) is 5.56 Å². The molecule has 1 fully saturated rings. The first kappa shape index (κ1) is 16.5. The van der Waals surface area contributed by atoms with E-state index in [1.165, 1.54) is 12.1 Å². The summed E-state index contributed by atoms with van der Waals surface area (Å²) < 4.78 is 12.9. The van der Waals surface area contributed by atoms with Crippen LogP contribution in [0.1, 0.15) is 32.3 Å². The van der Waals surface area contributed by atoms with Crippen molar-refractivity contribution in [1.29, 1.82) is 0 Å². The van der Waals surface area contributed by atoms with Gasteiger partial charge >= 0.3 is 5.97 Å². The number of benzene rings is 1. The van der Waals surface area contributed by atoms with Gasteiger partial charge in [0.1, 0.15) is 5.82 Å². The molecular weight excluding hydrogens is 285 g/mol. The van der Waals surface area contributed by atoms with E-state index in [1.807, 2.05) is 13.8 Å². The number of carbonyl (C=O) groups is 2. The van der Waals surface area contributed by atoms with Crippen molar-refractivity contribution in [3.8, 4) is 0 Å². The number of hydrogen-bond acceptors (Lipinski definition) is 2.